The maximum absolute atomic E-state index is 10.8. The van der Waals surface area contributed by atoms with Gasteiger partial charge in [0, 0.05) is 0 Å². The Morgan fingerprint density at radius 3 is 2.61 bits per heavy atom. The van der Waals surface area contributed by atoms with E-state index in [4.69, 9.17) is 9.47 Å². The van der Waals surface area contributed by atoms with Crippen LogP contribution in [0, 0.1) is 0 Å². The number of benzene rings is 1. The maximum atomic E-state index is 10.8. The quantitative estimate of drug-likeness (QED) is 0.749. The van der Waals surface area contributed by atoms with Crippen LogP contribution >= 0.6 is 0 Å². The fraction of sp³-hybridized carbons (Fsp3) is 0.400. The number of hydrogen-bond acceptors (Lipinski definition) is 3. The lowest BCUT2D eigenvalue weighted by molar-refractivity contribution is -0.135. The molecule has 0 spiro atoms. The Kier molecular flexibility index (Phi) is 4.03. The van der Waals surface area contributed by atoms with Crippen LogP contribution < -0.4 is 0 Å². The van der Waals surface area contributed by atoms with Crippen molar-refractivity contribution in [2.45, 2.75) is 32.8 Å². The van der Waals surface area contributed by atoms with Crippen LogP contribution in [0.25, 0.3) is 0 Å². The first kappa shape index (κ1) is 12.7. The average Bonchev–Trinajstić information content (AvgIpc) is 2.82. The molecule has 3 heteroatoms. The third-order valence-electron chi connectivity index (χ3n) is 3.22. The molecule has 1 aromatic rings. The molecule has 18 heavy (non-hydrogen) atoms. The number of esters is 1. The van der Waals surface area contributed by atoms with Crippen molar-refractivity contribution in [1.82, 2.24) is 0 Å². The minimum absolute atomic E-state index is 0.254. The molecular formula is C15H18O3. The van der Waals surface area contributed by atoms with Gasteiger partial charge in [-0.3, -0.25) is 0 Å². The Labute approximate surface area is 107 Å². The minimum atomic E-state index is -0.322. The fourth-order valence-electron chi connectivity index (χ4n) is 1.79. The van der Waals surface area contributed by atoms with Crippen LogP contribution in [-0.4, -0.2) is 12.6 Å². The molecule has 0 saturated carbocycles. The molecule has 0 saturated heterocycles. The van der Waals surface area contributed by atoms with Gasteiger partial charge in [-0.05, 0) is 23.5 Å². The zero-order valence-electron chi connectivity index (χ0n) is 10.8. The highest BCUT2D eigenvalue weighted by atomic mass is 16.6. The van der Waals surface area contributed by atoms with Gasteiger partial charge < -0.3 is 9.47 Å². The molecule has 96 valence electrons. The van der Waals surface area contributed by atoms with Gasteiger partial charge in [-0.25, -0.2) is 4.79 Å². The first-order valence-electron chi connectivity index (χ1n) is 6.28. The monoisotopic (exact) mass is 246 g/mol. The molecule has 3 nitrogen and oxygen atoms in total. The molecule has 0 N–H and O–H groups in total. The Morgan fingerprint density at radius 1 is 1.33 bits per heavy atom. The summed E-state index contributed by atoms with van der Waals surface area (Å²) in [6.07, 6.45) is 2.54. The minimum Gasteiger partial charge on any atom is -0.489 e. The zero-order chi connectivity index (χ0) is 13.0. The van der Waals surface area contributed by atoms with E-state index < -0.39 is 0 Å². The van der Waals surface area contributed by atoms with Crippen LogP contribution in [0.15, 0.2) is 36.1 Å². The Bertz CT molecular complexity index is 445. The lowest BCUT2D eigenvalue weighted by Gasteiger charge is -2.10. The molecular weight excluding hydrogens is 228 g/mol. The van der Waals surface area contributed by atoms with Gasteiger partial charge >= 0.3 is 5.97 Å². The molecule has 0 radical (unpaired) electrons. The molecule has 1 atom stereocenters. The summed E-state index contributed by atoms with van der Waals surface area (Å²) in [6.45, 7) is 5.14. The second-order valence-corrected chi connectivity index (χ2v) is 4.56. The smallest absolute Gasteiger partial charge is 0.334 e. The van der Waals surface area contributed by atoms with Crippen molar-refractivity contribution in [3.05, 3.63) is 47.2 Å². The molecule has 0 aromatic heterocycles. The van der Waals surface area contributed by atoms with Gasteiger partial charge in [0.1, 0.15) is 19.0 Å². The van der Waals surface area contributed by atoms with Crippen LogP contribution in [0.3, 0.4) is 0 Å². The highest BCUT2D eigenvalue weighted by Crippen LogP contribution is 2.19. The fourth-order valence-corrected chi connectivity index (χ4v) is 1.79. The van der Waals surface area contributed by atoms with Crippen molar-refractivity contribution in [1.29, 1.82) is 0 Å². The average molecular weight is 246 g/mol. The molecule has 0 amide bonds. The molecule has 2 rings (SSSR count). The predicted molar refractivity (Wildman–Crippen MR) is 69.0 cm³/mol. The van der Waals surface area contributed by atoms with Crippen molar-refractivity contribution in [3.63, 3.8) is 0 Å². The number of cyclic esters (lactones) is 1. The van der Waals surface area contributed by atoms with E-state index >= 15 is 0 Å². The SMILES string of the molecule is CCC(C)c1ccc(COC2=CC(=O)OC2)cc1. The molecule has 1 unspecified atom stereocenters. The summed E-state index contributed by atoms with van der Waals surface area (Å²) in [5, 5.41) is 0. The normalized spacial score (nSPS) is 16.1. The number of hydrogen-bond donors (Lipinski definition) is 0. The number of carbonyl (C=O) groups excluding carboxylic acids is 1. The second kappa shape index (κ2) is 5.71. The maximum Gasteiger partial charge on any atom is 0.334 e. The summed E-state index contributed by atoms with van der Waals surface area (Å²) in [4.78, 5) is 10.8. The van der Waals surface area contributed by atoms with Gasteiger partial charge in [-0.1, -0.05) is 38.1 Å². The van der Waals surface area contributed by atoms with Crippen molar-refractivity contribution < 1.29 is 14.3 Å². The van der Waals surface area contributed by atoms with Crippen molar-refractivity contribution in [2.75, 3.05) is 6.61 Å². The van der Waals surface area contributed by atoms with Crippen molar-refractivity contribution >= 4 is 5.97 Å². The van der Waals surface area contributed by atoms with Gasteiger partial charge in [-0.2, -0.15) is 0 Å². The summed E-state index contributed by atoms with van der Waals surface area (Å²) in [5.41, 5.74) is 2.45. The summed E-state index contributed by atoms with van der Waals surface area (Å²) in [6, 6.07) is 8.41. The van der Waals surface area contributed by atoms with Crippen molar-refractivity contribution in [2.24, 2.45) is 0 Å². The highest BCUT2D eigenvalue weighted by Gasteiger charge is 2.13. The summed E-state index contributed by atoms with van der Waals surface area (Å²) < 4.78 is 10.3. The zero-order valence-corrected chi connectivity index (χ0v) is 10.8. The summed E-state index contributed by atoms with van der Waals surface area (Å²) >= 11 is 0. The molecule has 0 bridgehead atoms. The summed E-state index contributed by atoms with van der Waals surface area (Å²) in [7, 11) is 0. The van der Waals surface area contributed by atoms with Gasteiger partial charge in [0.05, 0.1) is 6.08 Å². The standard InChI is InChI=1S/C15H18O3/c1-3-11(2)13-6-4-12(5-7-13)9-17-14-8-15(16)18-10-14/h4-8,11H,3,9-10H2,1-2H3. The van der Waals surface area contributed by atoms with Crippen LogP contribution in [-0.2, 0) is 20.9 Å². The predicted octanol–water partition coefficient (Wildman–Crippen LogP) is 3.16. The van der Waals surface area contributed by atoms with Crippen LogP contribution in [0.5, 0.6) is 0 Å². The Morgan fingerprint density at radius 2 is 2.06 bits per heavy atom. The second-order valence-electron chi connectivity index (χ2n) is 4.56. The van der Waals surface area contributed by atoms with Crippen LogP contribution in [0.2, 0.25) is 0 Å². The van der Waals surface area contributed by atoms with Crippen molar-refractivity contribution in [3.8, 4) is 0 Å². The van der Waals surface area contributed by atoms with Gasteiger partial charge in [-0.15, -0.1) is 0 Å². The van der Waals surface area contributed by atoms with Gasteiger partial charge in [0.2, 0.25) is 0 Å². The highest BCUT2D eigenvalue weighted by molar-refractivity contribution is 5.84. The Hall–Kier alpha value is -1.77. The lowest BCUT2D eigenvalue weighted by atomic mass is 9.98. The molecule has 1 aromatic carbocycles. The van der Waals surface area contributed by atoms with E-state index in [9.17, 15) is 4.79 Å². The summed E-state index contributed by atoms with van der Waals surface area (Å²) in [5.74, 6) is 0.867. The van der Waals surface area contributed by atoms with E-state index in [2.05, 4.69) is 38.1 Å². The molecule has 1 aliphatic heterocycles. The Balaban J connectivity index is 1.90. The largest absolute Gasteiger partial charge is 0.489 e. The van der Waals surface area contributed by atoms with E-state index in [-0.39, 0.29) is 12.6 Å². The molecule has 0 fully saturated rings. The van der Waals surface area contributed by atoms with E-state index in [1.165, 1.54) is 11.6 Å². The number of carbonyl (C=O) groups is 1. The first-order valence-corrected chi connectivity index (χ1v) is 6.28. The lowest BCUT2D eigenvalue weighted by Crippen LogP contribution is -1.97. The van der Waals surface area contributed by atoms with Crippen LogP contribution in [0.4, 0.5) is 0 Å². The number of rotatable bonds is 5. The van der Waals surface area contributed by atoms with E-state index in [1.807, 2.05) is 0 Å². The molecule has 0 aliphatic carbocycles. The molecule has 1 heterocycles. The topological polar surface area (TPSA) is 35.5 Å². The number of ether oxygens (including phenoxy) is 2. The molecule has 1 aliphatic rings. The van der Waals surface area contributed by atoms with Gasteiger partial charge in [0.15, 0.2) is 0 Å². The third kappa shape index (κ3) is 3.13. The van der Waals surface area contributed by atoms with E-state index in [0.717, 1.165) is 12.0 Å². The van der Waals surface area contributed by atoms with Gasteiger partial charge in [0.25, 0.3) is 0 Å². The van der Waals surface area contributed by atoms with Crippen LogP contribution in [0.1, 0.15) is 37.3 Å². The third-order valence-corrected chi connectivity index (χ3v) is 3.22. The first-order chi connectivity index (χ1) is 8.69. The van der Waals surface area contributed by atoms with E-state index in [1.54, 1.807) is 0 Å². The van der Waals surface area contributed by atoms with E-state index in [0.29, 0.717) is 18.3 Å².